The second-order valence-electron chi connectivity index (χ2n) is 7.91. The van der Waals surface area contributed by atoms with Gasteiger partial charge in [-0.05, 0) is 18.8 Å². The number of amides is 1. The SMILES string of the molecule is CCCCCCCCCCCCCC(=O)N[C@@](C=O)(CN)CC(C)C. The summed E-state index contributed by atoms with van der Waals surface area (Å²) in [6.45, 7) is 6.48. The number of hydrogen-bond acceptors (Lipinski definition) is 3. The zero-order chi connectivity index (χ0) is 19.0. The number of carbonyl (C=O) groups excluding carboxylic acids is 2. The van der Waals surface area contributed by atoms with Gasteiger partial charge in [0.2, 0.25) is 5.91 Å². The maximum absolute atomic E-state index is 12.1. The topological polar surface area (TPSA) is 72.2 Å². The molecule has 0 aliphatic heterocycles. The molecular formula is C21H42N2O2. The molecule has 3 N–H and O–H groups in total. The van der Waals surface area contributed by atoms with Crippen LogP contribution in [0.2, 0.25) is 0 Å². The van der Waals surface area contributed by atoms with Crippen LogP contribution in [0.25, 0.3) is 0 Å². The van der Waals surface area contributed by atoms with Gasteiger partial charge in [-0.2, -0.15) is 0 Å². The number of nitrogens with one attached hydrogen (secondary N) is 1. The van der Waals surface area contributed by atoms with E-state index in [0.717, 1.165) is 19.1 Å². The predicted molar refractivity (Wildman–Crippen MR) is 107 cm³/mol. The highest BCUT2D eigenvalue weighted by molar-refractivity contribution is 5.81. The molecule has 148 valence electrons. The summed E-state index contributed by atoms with van der Waals surface area (Å²) >= 11 is 0. The minimum atomic E-state index is -0.886. The van der Waals surface area contributed by atoms with Crippen LogP contribution >= 0.6 is 0 Å². The van der Waals surface area contributed by atoms with Crippen molar-refractivity contribution in [1.82, 2.24) is 5.32 Å². The standard InChI is InChI=1S/C21H42N2O2/c1-4-5-6-7-8-9-10-11-12-13-14-15-20(25)23-21(17-22,18-24)16-19(2)3/h18-19H,4-17,22H2,1-3H3,(H,23,25)/t21-/m1/s1. The lowest BCUT2D eigenvalue weighted by atomic mass is 9.90. The number of rotatable bonds is 17. The number of hydrogen-bond donors (Lipinski definition) is 2. The minimum Gasteiger partial charge on any atom is -0.343 e. The van der Waals surface area contributed by atoms with Crippen molar-refractivity contribution in [2.24, 2.45) is 11.7 Å². The molecule has 1 atom stereocenters. The smallest absolute Gasteiger partial charge is 0.220 e. The molecule has 0 heterocycles. The molecule has 0 spiro atoms. The first kappa shape index (κ1) is 24.1. The van der Waals surface area contributed by atoms with Crippen LogP contribution < -0.4 is 11.1 Å². The molecule has 4 nitrogen and oxygen atoms in total. The maximum Gasteiger partial charge on any atom is 0.220 e. The van der Waals surface area contributed by atoms with E-state index >= 15 is 0 Å². The molecule has 25 heavy (non-hydrogen) atoms. The Kier molecular flexibility index (Phi) is 14.8. The van der Waals surface area contributed by atoms with E-state index in [4.69, 9.17) is 5.73 Å². The lowest BCUT2D eigenvalue weighted by Crippen LogP contribution is -2.55. The Labute approximate surface area is 155 Å². The van der Waals surface area contributed by atoms with E-state index in [2.05, 4.69) is 12.2 Å². The van der Waals surface area contributed by atoms with Crippen molar-refractivity contribution in [3.05, 3.63) is 0 Å². The first-order chi connectivity index (χ1) is 12.0. The molecule has 0 aliphatic carbocycles. The van der Waals surface area contributed by atoms with Gasteiger partial charge in [0.1, 0.15) is 11.8 Å². The summed E-state index contributed by atoms with van der Waals surface area (Å²) in [7, 11) is 0. The number of unbranched alkanes of at least 4 members (excludes halogenated alkanes) is 10. The largest absolute Gasteiger partial charge is 0.343 e. The minimum absolute atomic E-state index is 0.0471. The fraction of sp³-hybridized carbons (Fsp3) is 0.905. The van der Waals surface area contributed by atoms with E-state index in [1.54, 1.807) is 0 Å². The van der Waals surface area contributed by atoms with Crippen LogP contribution in [0.5, 0.6) is 0 Å². The molecule has 0 aromatic carbocycles. The average molecular weight is 355 g/mol. The predicted octanol–water partition coefficient (Wildman–Crippen LogP) is 4.75. The Bertz CT molecular complexity index is 345. The third kappa shape index (κ3) is 13.0. The number of carbonyl (C=O) groups is 2. The summed E-state index contributed by atoms with van der Waals surface area (Å²) in [6, 6.07) is 0. The van der Waals surface area contributed by atoms with Crippen LogP contribution in [0.1, 0.15) is 104 Å². The molecule has 0 unspecified atom stereocenters. The zero-order valence-corrected chi connectivity index (χ0v) is 16.9. The highest BCUT2D eigenvalue weighted by Gasteiger charge is 2.30. The van der Waals surface area contributed by atoms with Gasteiger partial charge in [0.15, 0.2) is 0 Å². The molecule has 0 aromatic heterocycles. The van der Waals surface area contributed by atoms with Crippen LogP contribution in [0.15, 0.2) is 0 Å². The van der Waals surface area contributed by atoms with Crippen molar-refractivity contribution in [2.75, 3.05) is 6.54 Å². The first-order valence-corrected chi connectivity index (χ1v) is 10.5. The average Bonchev–Trinajstić information content (AvgIpc) is 2.58. The van der Waals surface area contributed by atoms with Crippen molar-refractivity contribution in [2.45, 2.75) is 110 Å². The van der Waals surface area contributed by atoms with Gasteiger partial charge in [-0.3, -0.25) is 4.79 Å². The Morgan fingerprint density at radius 1 is 0.960 bits per heavy atom. The second kappa shape index (κ2) is 15.4. The van der Waals surface area contributed by atoms with E-state index in [9.17, 15) is 9.59 Å². The van der Waals surface area contributed by atoms with Crippen molar-refractivity contribution >= 4 is 12.2 Å². The molecule has 0 bridgehead atoms. The molecule has 0 rings (SSSR count). The molecular weight excluding hydrogens is 312 g/mol. The summed E-state index contributed by atoms with van der Waals surface area (Å²) in [5.74, 6) is 0.269. The Hall–Kier alpha value is -0.900. The Morgan fingerprint density at radius 2 is 1.44 bits per heavy atom. The van der Waals surface area contributed by atoms with E-state index in [1.165, 1.54) is 57.8 Å². The van der Waals surface area contributed by atoms with Crippen molar-refractivity contribution in [3.8, 4) is 0 Å². The van der Waals surface area contributed by atoms with Crippen molar-refractivity contribution < 1.29 is 9.59 Å². The molecule has 0 aliphatic rings. The second-order valence-corrected chi connectivity index (χ2v) is 7.91. The van der Waals surface area contributed by atoms with Gasteiger partial charge in [0.25, 0.3) is 0 Å². The molecule has 0 radical (unpaired) electrons. The van der Waals surface area contributed by atoms with Crippen LogP contribution in [0.3, 0.4) is 0 Å². The summed E-state index contributed by atoms with van der Waals surface area (Å²) in [5, 5.41) is 2.86. The number of aldehydes is 1. The number of nitrogens with two attached hydrogens (primary N) is 1. The summed E-state index contributed by atoms with van der Waals surface area (Å²) < 4.78 is 0. The molecule has 0 saturated heterocycles. The van der Waals surface area contributed by atoms with Crippen LogP contribution in [-0.4, -0.2) is 24.3 Å². The van der Waals surface area contributed by atoms with Crippen LogP contribution in [0.4, 0.5) is 0 Å². The summed E-state index contributed by atoms with van der Waals surface area (Å²) in [6.07, 6.45) is 15.8. The third-order valence-corrected chi connectivity index (χ3v) is 4.76. The maximum atomic E-state index is 12.1. The van der Waals surface area contributed by atoms with Gasteiger partial charge in [0, 0.05) is 13.0 Å². The highest BCUT2D eigenvalue weighted by atomic mass is 16.2. The molecule has 0 fully saturated rings. The molecule has 4 heteroatoms. The quantitative estimate of drug-likeness (QED) is 0.292. The first-order valence-electron chi connectivity index (χ1n) is 10.5. The van der Waals surface area contributed by atoms with Gasteiger partial charge < -0.3 is 15.8 Å². The molecule has 0 aromatic rings. The molecule has 0 saturated carbocycles. The van der Waals surface area contributed by atoms with E-state index in [0.29, 0.717) is 18.8 Å². The summed E-state index contributed by atoms with van der Waals surface area (Å²) in [5.41, 5.74) is 4.84. The lowest BCUT2D eigenvalue weighted by molar-refractivity contribution is -0.127. The highest BCUT2D eigenvalue weighted by Crippen LogP contribution is 2.15. The van der Waals surface area contributed by atoms with Crippen LogP contribution in [-0.2, 0) is 9.59 Å². The van der Waals surface area contributed by atoms with Gasteiger partial charge in [-0.25, -0.2) is 0 Å². The fourth-order valence-electron chi connectivity index (χ4n) is 3.33. The Morgan fingerprint density at radius 3 is 1.84 bits per heavy atom. The normalized spacial score (nSPS) is 13.6. The lowest BCUT2D eigenvalue weighted by Gasteiger charge is -2.29. The zero-order valence-electron chi connectivity index (χ0n) is 16.9. The van der Waals surface area contributed by atoms with Crippen molar-refractivity contribution in [3.63, 3.8) is 0 Å². The van der Waals surface area contributed by atoms with Gasteiger partial charge in [0.05, 0.1) is 0 Å². The third-order valence-electron chi connectivity index (χ3n) is 4.76. The van der Waals surface area contributed by atoms with E-state index in [-0.39, 0.29) is 12.5 Å². The Balaban J connectivity index is 3.70. The van der Waals surface area contributed by atoms with E-state index < -0.39 is 5.54 Å². The van der Waals surface area contributed by atoms with Gasteiger partial charge in [-0.1, -0.05) is 85.0 Å². The van der Waals surface area contributed by atoms with Crippen molar-refractivity contribution in [1.29, 1.82) is 0 Å². The van der Waals surface area contributed by atoms with Gasteiger partial charge in [-0.15, -0.1) is 0 Å². The summed E-state index contributed by atoms with van der Waals surface area (Å²) in [4.78, 5) is 23.5. The van der Waals surface area contributed by atoms with E-state index in [1.807, 2.05) is 13.8 Å². The monoisotopic (exact) mass is 354 g/mol. The molecule has 1 amide bonds. The van der Waals surface area contributed by atoms with Gasteiger partial charge >= 0.3 is 0 Å². The van der Waals surface area contributed by atoms with Crippen LogP contribution in [0, 0.1) is 5.92 Å². The fourth-order valence-corrected chi connectivity index (χ4v) is 3.33.